The minimum atomic E-state index is 0. The van der Waals surface area contributed by atoms with Gasteiger partial charge in [-0.1, -0.05) is 30.0 Å². The second-order valence-electron chi connectivity index (χ2n) is 7.56. The van der Waals surface area contributed by atoms with Crippen molar-refractivity contribution in [1.82, 2.24) is 19.8 Å². The molecule has 2 aromatic rings. The molecule has 4 N–H and O–H groups in total. The molecule has 0 amide bonds. The molecule has 32 heavy (non-hydrogen) atoms. The summed E-state index contributed by atoms with van der Waals surface area (Å²) in [6.07, 6.45) is 0.548. The molecule has 1 aliphatic heterocycles. The molecule has 11 heteroatoms. The van der Waals surface area contributed by atoms with Crippen LogP contribution in [0, 0.1) is 0 Å². The number of nitrogens with two attached hydrogens (primary N) is 2. The van der Waals surface area contributed by atoms with E-state index in [4.69, 9.17) is 16.2 Å². The van der Waals surface area contributed by atoms with Gasteiger partial charge in [0.1, 0.15) is 17.4 Å². The molecule has 0 unspecified atom stereocenters. The molecule has 0 spiro atoms. The highest BCUT2D eigenvalue weighted by Gasteiger charge is 2.19. The summed E-state index contributed by atoms with van der Waals surface area (Å²) in [6, 6.07) is 8.46. The van der Waals surface area contributed by atoms with Crippen molar-refractivity contribution in [1.29, 1.82) is 0 Å². The number of rotatable bonds is 8. The van der Waals surface area contributed by atoms with Crippen LogP contribution in [0.1, 0.15) is 25.0 Å². The maximum atomic E-state index is 6.22. The quantitative estimate of drug-likeness (QED) is 0.399. The minimum Gasteiger partial charge on any atom is -0.496 e. The zero-order chi connectivity index (χ0) is 20.8. The number of benzene rings is 1. The summed E-state index contributed by atoms with van der Waals surface area (Å²) >= 11 is 1.61. The molecular formula is C21H35Cl3N6OS. The lowest BCUT2D eigenvalue weighted by atomic mass is 10.1. The average Bonchev–Trinajstić information content (AvgIpc) is 2.71. The van der Waals surface area contributed by atoms with Gasteiger partial charge in [0.2, 0.25) is 0 Å². The molecule has 1 aliphatic rings. The van der Waals surface area contributed by atoms with E-state index in [1.54, 1.807) is 18.9 Å². The second kappa shape index (κ2) is 14.9. The van der Waals surface area contributed by atoms with E-state index in [0.29, 0.717) is 29.3 Å². The molecule has 0 saturated carbocycles. The zero-order valence-electron chi connectivity index (χ0n) is 18.8. The highest BCUT2D eigenvalue weighted by Crippen LogP contribution is 2.27. The Morgan fingerprint density at radius 2 is 1.59 bits per heavy atom. The number of nitrogens with zero attached hydrogens (tertiary/aromatic N) is 4. The summed E-state index contributed by atoms with van der Waals surface area (Å²) in [7, 11) is 1.66. The Bertz CT molecular complexity index is 799. The molecule has 1 fully saturated rings. The van der Waals surface area contributed by atoms with E-state index in [1.165, 1.54) is 0 Å². The monoisotopic (exact) mass is 524 g/mol. The van der Waals surface area contributed by atoms with E-state index in [-0.39, 0.29) is 37.2 Å². The van der Waals surface area contributed by atoms with Crippen LogP contribution < -0.4 is 16.2 Å². The van der Waals surface area contributed by atoms with Crippen LogP contribution in [0.3, 0.4) is 0 Å². The third-order valence-corrected chi connectivity index (χ3v) is 6.21. The van der Waals surface area contributed by atoms with E-state index in [2.05, 4.69) is 33.6 Å². The van der Waals surface area contributed by atoms with Crippen LogP contribution in [-0.2, 0) is 6.42 Å². The smallest absolute Gasteiger partial charge is 0.191 e. The average molecular weight is 526 g/mol. The molecule has 2 heterocycles. The van der Waals surface area contributed by atoms with Crippen molar-refractivity contribution in [3.63, 3.8) is 0 Å². The van der Waals surface area contributed by atoms with E-state index < -0.39 is 0 Å². The van der Waals surface area contributed by atoms with Gasteiger partial charge in [-0.25, -0.2) is 9.97 Å². The molecular weight excluding hydrogens is 491 g/mol. The highest BCUT2D eigenvalue weighted by molar-refractivity contribution is 7.99. The Morgan fingerprint density at radius 1 is 1.00 bits per heavy atom. The van der Waals surface area contributed by atoms with E-state index in [0.717, 1.165) is 55.4 Å². The minimum absolute atomic E-state index is 0. The first-order valence-electron chi connectivity index (χ1n) is 10.1. The molecule has 0 bridgehead atoms. The number of thioether (sulfide) groups is 1. The lowest BCUT2D eigenvalue weighted by molar-refractivity contribution is 0.113. The lowest BCUT2D eigenvalue weighted by Crippen LogP contribution is -2.49. The fourth-order valence-corrected chi connectivity index (χ4v) is 4.41. The highest BCUT2D eigenvalue weighted by atomic mass is 35.5. The van der Waals surface area contributed by atoms with Gasteiger partial charge in [0.05, 0.1) is 7.11 Å². The van der Waals surface area contributed by atoms with Crippen LogP contribution in [0.25, 0.3) is 0 Å². The molecule has 0 atom stereocenters. The number of piperazine rings is 1. The summed E-state index contributed by atoms with van der Waals surface area (Å²) in [4.78, 5) is 14.0. The first-order valence-corrected chi connectivity index (χ1v) is 11.1. The van der Waals surface area contributed by atoms with Crippen LogP contribution in [0.15, 0.2) is 29.4 Å². The SMILES string of the molecule is COc1ccccc1Cc1c(N)nc(SCCN2CCN(C(C)C)CC2)nc1N.Cl.Cl.Cl. The van der Waals surface area contributed by atoms with Crippen molar-refractivity contribution in [3.05, 3.63) is 35.4 Å². The predicted octanol–water partition coefficient (Wildman–Crippen LogP) is 3.62. The topological polar surface area (TPSA) is 93.5 Å². The van der Waals surface area contributed by atoms with Crippen LogP contribution in [0.4, 0.5) is 11.6 Å². The molecule has 0 aliphatic carbocycles. The summed E-state index contributed by atoms with van der Waals surface area (Å²) < 4.78 is 5.42. The Balaban J connectivity index is 0.00000320. The first-order chi connectivity index (χ1) is 14.0. The Hall–Kier alpha value is -1.16. The third-order valence-electron chi connectivity index (χ3n) is 5.39. The van der Waals surface area contributed by atoms with E-state index in [1.807, 2.05) is 24.3 Å². The van der Waals surface area contributed by atoms with Crippen molar-refractivity contribution in [3.8, 4) is 5.75 Å². The van der Waals surface area contributed by atoms with Crippen LogP contribution in [0.5, 0.6) is 5.75 Å². The van der Waals surface area contributed by atoms with Crippen LogP contribution in [0.2, 0.25) is 0 Å². The van der Waals surface area contributed by atoms with Gasteiger partial charge in [0, 0.05) is 56.5 Å². The van der Waals surface area contributed by atoms with E-state index in [9.17, 15) is 0 Å². The first kappa shape index (κ1) is 30.8. The fraction of sp³-hybridized carbons (Fsp3) is 0.524. The fourth-order valence-electron chi connectivity index (χ4n) is 3.55. The number of aromatic nitrogens is 2. The molecule has 1 aromatic carbocycles. The maximum Gasteiger partial charge on any atom is 0.191 e. The Morgan fingerprint density at radius 3 is 2.16 bits per heavy atom. The van der Waals surface area contributed by atoms with Crippen molar-refractivity contribution in [2.24, 2.45) is 0 Å². The Labute approximate surface area is 214 Å². The largest absolute Gasteiger partial charge is 0.496 e. The van der Waals surface area contributed by atoms with Gasteiger partial charge in [-0.2, -0.15) is 0 Å². The zero-order valence-corrected chi connectivity index (χ0v) is 22.1. The molecule has 182 valence electrons. The molecule has 7 nitrogen and oxygen atoms in total. The second-order valence-corrected chi connectivity index (χ2v) is 8.63. The number of hydrogen-bond donors (Lipinski definition) is 2. The third kappa shape index (κ3) is 8.32. The maximum absolute atomic E-state index is 6.22. The number of methoxy groups -OCH3 is 1. The van der Waals surface area contributed by atoms with Crippen molar-refractivity contribution in [2.45, 2.75) is 31.5 Å². The Kier molecular flexibility index (Phi) is 14.3. The molecule has 1 saturated heterocycles. The number of para-hydroxylation sites is 1. The summed E-state index contributed by atoms with van der Waals surface area (Å²) in [5, 5.41) is 0.643. The van der Waals surface area contributed by atoms with Crippen LogP contribution >= 0.6 is 49.0 Å². The van der Waals surface area contributed by atoms with Crippen molar-refractivity contribution >= 4 is 60.6 Å². The van der Waals surface area contributed by atoms with E-state index >= 15 is 0 Å². The number of hydrogen-bond acceptors (Lipinski definition) is 8. The summed E-state index contributed by atoms with van der Waals surface area (Å²) in [5.41, 5.74) is 14.2. The normalized spacial score (nSPS) is 14.2. The predicted molar refractivity (Wildman–Crippen MR) is 142 cm³/mol. The standard InChI is InChI=1S/C21H32N6OS.3ClH/c1-15(2)27-10-8-26(9-11-27)12-13-29-21-24-19(22)17(20(23)25-21)14-16-6-4-5-7-18(16)28-3;;;/h4-7,15H,8-14H2,1-3H3,(H4,22,23,24,25);3*1H. The molecule has 1 aromatic heterocycles. The van der Waals surface area contributed by atoms with Crippen molar-refractivity contribution in [2.75, 3.05) is 57.1 Å². The van der Waals surface area contributed by atoms with Gasteiger partial charge in [0.15, 0.2) is 5.16 Å². The van der Waals surface area contributed by atoms with Gasteiger partial charge in [-0.05, 0) is 25.5 Å². The number of halogens is 3. The van der Waals surface area contributed by atoms with Gasteiger partial charge >= 0.3 is 0 Å². The summed E-state index contributed by atoms with van der Waals surface area (Å²) in [6.45, 7) is 10.0. The van der Waals surface area contributed by atoms with Gasteiger partial charge < -0.3 is 16.2 Å². The number of anilines is 2. The number of ether oxygens (including phenoxy) is 1. The molecule has 0 radical (unpaired) electrons. The van der Waals surface area contributed by atoms with Gasteiger partial charge in [-0.15, -0.1) is 37.2 Å². The van der Waals surface area contributed by atoms with Crippen molar-refractivity contribution < 1.29 is 4.74 Å². The summed E-state index contributed by atoms with van der Waals surface area (Å²) in [5.74, 6) is 2.61. The number of nitrogen functional groups attached to an aromatic ring is 2. The van der Waals surface area contributed by atoms with Gasteiger partial charge in [-0.3, -0.25) is 9.80 Å². The van der Waals surface area contributed by atoms with Gasteiger partial charge in [0.25, 0.3) is 0 Å². The lowest BCUT2D eigenvalue weighted by Gasteiger charge is -2.36. The van der Waals surface area contributed by atoms with Crippen LogP contribution in [-0.4, -0.2) is 71.4 Å². The molecule has 3 rings (SSSR count).